The van der Waals surface area contributed by atoms with Crippen molar-refractivity contribution in [1.29, 1.82) is 0 Å². The van der Waals surface area contributed by atoms with Gasteiger partial charge < -0.3 is 9.84 Å². The Morgan fingerprint density at radius 1 is 1.44 bits per heavy atom. The van der Waals surface area contributed by atoms with Gasteiger partial charge in [0.1, 0.15) is 0 Å². The minimum atomic E-state index is -3.43. The van der Waals surface area contributed by atoms with Gasteiger partial charge in [-0.3, -0.25) is 0 Å². The van der Waals surface area contributed by atoms with Crippen LogP contribution in [-0.2, 0) is 10.0 Å². The van der Waals surface area contributed by atoms with Gasteiger partial charge in [0.25, 0.3) is 0 Å². The molecule has 0 aliphatic heterocycles. The van der Waals surface area contributed by atoms with E-state index >= 15 is 0 Å². The number of hydrogen-bond donors (Lipinski definition) is 2. The van der Waals surface area contributed by atoms with E-state index in [1.54, 1.807) is 6.92 Å². The average Bonchev–Trinajstić information content (AvgIpc) is 2.48. The van der Waals surface area contributed by atoms with E-state index in [2.05, 4.69) is 24.7 Å². The molecule has 0 saturated carbocycles. The summed E-state index contributed by atoms with van der Waals surface area (Å²) in [5.74, 6) is 0.352. The molecule has 1 aromatic heterocycles. The molecule has 0 amide bonds. The summed E-state index contributed by atoms with van der Waals surface area (Å²) in [5.41, 5.74) is 0. The van der Waals surface area contributed by atoms with Gasteiger partial charge in [0.05, 0.1) is 5.75 Å². The van der Waals surface area contributed by atoms with Crippen molar-refractivity contribution in [3.8, 4) is 0 Å². The van der Waals surface area contributed by atoms with Crippen molar-refractivity contribution in [1.82, 2.24) is 15.5 Å². The lowest BCUT2D eigenvalue weighted by Crippen LogP contribution is -2.31. The summed E-state index contributed by atoms with van der Waals surface area (Å²) in [5, 5.41) is 6.49. The van der Waals surface area contributed by atoms with Gasteiger partial charge in [-0.05, 0) is 6.92 Å². The molecule has 1 aromatic rings. The highest BCUT2D eigenvalue weighted by atomic mass is 32.2. The number of nitrogens with zero attached hydrogens (tertiary/aromatic N) is 2. The first-order chi connectivity index (χ1) is 7.39. The number of hydrogen-bond acceptors (Lipinski definition) is 6. The molecule has 0 fully saturated rings. The Hall–Kier alpha value is -1.15. The lowest BCUT2D eigenvalue weighted by Gasteiger charge is -2.08. The van der Waals surface area contributed by atoms with Crippen molar-refractivity contribution in [2.75, 3.05) is 17.0 Å². The molecule has 0 atom stereocenters. The molecular formula is C8H16N4O3S. The molecule has 2 N–H and O–H groups in total. The Labute approximate surface area is 94.7 Å². The van der Waals surface area contributed by atoms with Crippen LogP contribution in [0, 0.1) is 6.92 Å². The van der Waals surface area contributed by atoms with Gasteiger partial charge in [-0.2, -0.15) is 4.98 Å². The van der Waals surface area contributed by atoms with E-state index in [0.29, 0.717) is 12.4 Å². The highest BCUT2D eigenvalue weighted by Crippen LogP contribution is 2.04. The van der Waals surface area contributed by atoms with Crippen molar-refractivity contribution in [2.45, 2.75) is 26.8 Å². The fraction of sp³-hybridized carbons (Fsp3) is 0.750. The molecule has 0 aliphatic rings. The molecular weight excluding hydrogens is 232 g/mol. The maximum atomic E-state index is 11.5. The molecule has 0 unspecified atom stereocenters. The minimum Gasteiger partial charge on any atom is -0.314 e. The summed E-state index contributed by atoms with van der Waals surface area (Å²) in [7, 11) is -3.43. The Balaban J connectivity index is 2.46. The van der Waals surface area contributed by atoms with Crippen LogP contribution in [0.1, 0.15) is 19.7 Å². The van der Waals surface area contributed by atoms with Gasteiger partial charge in [-0.25, -0.2) is 13.1 Å². The molecule has 0 saturated heterocycles. The predicted octanol–water partition coefficient (Wildman–Crippen LogP) is 0.118. The second kappa shape index (κ2) is 5.26. The van der Waals surface area contributed by atoms with Gasteiger partial charge in [0.15, 0.2) is 5.82 Å². The van der Waals surface area contributed by atoms with Crippen LogP contribution in [0.5, 0.6) is 0 Å². The van der Waals surface area contributed by atoms with Crippen LogP contribution in [0.4, 0.5) is 6.01 Å². The third kappa shape index (κ3) is 4.58. The molecule has 1 heterocycles. The molecule has 0 aliphatic carbocycles. The number of anilines is 1. The zero-order valence-electron chi connectivity index (χ0n) is 9.52. The first-order valence-corrected chi connectivity index (χ1v) is 6.58. The molecule has 8 heteroatoms. The van der Waals surface area contributed by atoms with E-state index in [1.165, 1.54) is 0 Å². The quantitative estimate of drug-likeness (QED) is 0.742. The smallest absolute Gasteiger partial charge is 0.314 e. The lowest BCUT2D eigenvalue weighted by molar-refractivity contribution is 0.429. The van der Waals surface area contributed by atoms with Gasteiger partial charge >= 0.3 is 6.01 Å². The van der Waals surface area contributed by atoms with Gasteiger partial charge in [0.2, 0.25) is 10.0 Å². The summed E-state index contributed by atoms with van der Waals surface area (Å²) in [6, 6.07) is 0.155. The van der Waals surface area contributed by atoms with Crippen molar-refractivity contribution in [3.05, 3.63) is 5.82 Å². The lowest BCUT2D eigenvalue weighted by atomic mass is 10.4. The van der Waals surface area contributed by atoms with Crippen molar-refractivity contribution in [2.24, 2.45) is 0 Å². The molecule has 0 radical (unpaired) electrons. The fourth-order valence-corrected chi connectivity index (χ4v) is 1.84. The van der Waals surface area contributed by atoms with Crippen LogP contribution in [-0.4, -0.2) is 36.9 Å². The first-order valence-electron chi connectivity index (χ1n) is 4.93. The van der Waals surface area contributed by atoms with Crippen molar-refractivity contribution in [3.63, 3.8) is 0 Å². The monoisotopic (exact) mass is 248 g/mol. The van der Waals surface area contributed by atoms with E-state index in [9.17, 15) is 8.42 Å². The zero-order valence-corrected chi connectivity index (χ0v) is 10.3. The van der Waals surface area contributed by atoms with E-state index in [4.69, 9.17) is 0 Å². The second-order valence-electron chi connectivity index (χ2n) is 3.68. The maximum absolute atomic E-state index is 11.5. The van der Waals surface area contributed by atoms with Gasteiger partial charge in [0, 0.05) is 12.6 Å². The van der Waals surface area contributed by atoms with E-state index in [1.807, 2.05) is 13.8 Å². The van der Waals surface area contributed by atoms with Crippen LogP contribution < -0.4 is 10.0 Å². The average molecular weight is 248 g/mol. The summed E-state index contributed by atoms with van der Waals surface area (Å²) < 4.78 is 29.9. The van der Waals surface area contributed by atoms with Crippen LogP contribution in [0.2, 0.25) is 0 Å². The summed E-state index contributed by atoms with van der Waals surface area (Å²) in [4.78, 5) is 3.75. The highest BCUT2D eigenvalue weighted by Gasteiger charge is 2.14. The topological polar surface area (TPSA) is 97.1 Å². The number of sulfonamides is 1. The molecule has 0 bridgehead atoms. The van der Waals surface area contributed by atoms with Crippen LogP contribution in [0.3, 0.4) is 0 Å². The number of rotatable bonds is 6. The molecule has 0 spiro atoms. The number of nitrogens with one attached hydrogen (secondary N) is 2. The van der Waals surface area contributed by atoms with E-state index in [0.717, 1.165) is 0 Å². The molecule has 1 rings (SSSR count). The Morgan fingerprint density at radius 2 is 2.12 bits per heavy atom. The van der Waals surface area contributed by atoms with Crippen LogP contribution in [0.15, 0.2) is 4.52 Å². The molecule has 0 aromatic carbocycles. The zero-order chi connectivity index (χ0) is 12.2. The number of aryl methyl sites for hydroxylation is 1. The fourth-order valence-electron chi connectivity index (χ4n) is 1.00. The molecule has 7 nitrogen and oxygen atoms in total. The molecule has 92 valence electrons. The maximum Gasteiger partial charge on any atom is 0.335 e. The largest absolute Gasteiger partial charge is 0.335 e. The minimum absolute atomic E-state index is 0.0351. The molecule has 16 heavy (non-hydrogen) atoms. The second-order valence-corrected chi connectivity index (χ2v) is 5.52. The van der Waals surface area contributed by atoms with Crippen LogP contribution in [0.25, 0.3) is 0 Å². The van der Waals surface area contributed by atoms with Crippen molar-refractivity contribution < 1.29 is 12.9 Å². The standard InChI is InChI=1S/C8H16N4O3S/c1-6(2)9-4-5-16(13,14)12-8-10-7(3)11-15-8/h6,9H,4-5H2,1-3H3,(H,10,11,12). The Morgan fingerprint density at radius 3 is 2.62 bits per heavy atom. The van der Waals surface area contributed by atoms with E-state index in [-0.39, 0.29) is 17.8 Å². The summed E-state index contributed by atoms with van der Waals surface area (Å²) in [6.45, 7) is 5.88. The third-order valence-electron chi connectivity index (χ3n) is 1.69. The third-order valence-corrected chi connectivity index (χ3v) is 2.92. The Kier molecular flexibility index (Phi) is 4.25. The summed E-state index contributed by atoms with van der Waals surface area (Å²) in [6.07, 6.45) is 0. The van der Waals surface area contributed by atoms with Crippen LogP contribution >= 0.6 is 0 Å². The highest BCUT2D eigenvalue weighted by molar-refractivity contribution is 7.92. The normalized spacial score (nSPS) is 12.0. The summed E-state index contributed by atoms with van der Waals surface area (Å²) >= 11 is 0. The van der Waals surface area contributed by atoms with Gasteiger partial charge in [-0.15, -0.1) is 0 Å². The van der Waals surface area contributed by atoms with E-state index < -0.39 is 10.0 Å². The Bertz CT molecular complexity index is 426. The SMILES string of the molecule is Cc1noc(NS(=O)(=O)CCNC(C)C)n1. The van der Waals surface area contributed by atoms with Gasteiger partial charge in [-0.1, -0.05) is 19.0 Å². The first kappa shape index (κ1) is 12.9. The predicted molar refractivity (Wildman–Crippen MR) is 59.6 cm³/mol. The van der Waals surface area contributed by atoms with Crippen molar-refractivity contribution >= 4 is 16.0 Å². The number of aromatic nitrogens is 2.